The molecule has 1 aliphatic rings. The van der Waals surface area contributed by atoms with Crippen molar-refractivity contribution < 1.29 is 19.3 Å². The van der Waals surface area contributed by atoms with E-state index in [-0.39, 0.29) is 24.5 Å². The van der Waals surface area contributed by atoms with E-state index < -0.39 is 6.92 Å². The molecule has 0 aromatic heterocycles. The fourth-order valence-electron chi connectivity index (χ4n) is 2.00. The van der Waals surface area contributed by atoms with Crippen LogP contribution >= 0.6 is 0 Å². The van der Waals surface area contributed by atoms with Crippen LogP contribution in [-0.2, 0) is 14.3 Å². The van der Waals surface area contributed by atoms with Crippen molar-refractivity contribution in [2.75, 3.05) is 13.2 Å². The number of carbonyl (C=O) groups excluding carboxylic acids is 2. The van der Waals surface area contributed by atoms with E-state index in [0.29, 0.717) is 25.8 Å². The molecule has 0 aliphatic carbocycles. The maximum atomic E-state index is 11.5. The van der Waals surface area contributed by atoms with Crippen molar-refractivity contribution in [3.05, 3.63) is 0 Å². The molecule has 1 fully saturated rings. The zero-order chi connectivity index (χ0) is 12.1. The van der Waals surface area contributed by atoms with Gasteiger partial charge in [-0.3, -0.25) is 9.59 Å². The van der Waals surface area contributed by atoms with Gasteiger partial charge in [0.25, 0.3) is 6.92 Å². The molecule has 16 heavy (non-hydrogen) atoms. The third-order valence-electron chi connectivity index (χ3n) is 2.67. The van der Waals surface area contributed by atoms with Gasteiger partial charge in [-0.2, -0.15) is 0 Å². The number of carbonyl (C=O) groups is 2. The van der Waals surface area contributed by atoms with Crippen LogP contribution in [0.3, 0.4) is 0 Å². The second-order valence-corrected chi connectivity index (χ2v) is 4.10. The first kappa shape index (κ1) is 13.0. The lowest BCUT2D eigenvalue weighted by Crippen LogP contribution is -2.39. The summed E-state index contributed by atoms with van der Waals surface area (Å²) in [5.74, 6) is -0.410. The molecule has 0 bridgehead atoms. The smallest absolute Gasteiger partial charge is 0.325 e. The van der Waals surface area contributed by atoms with Gasteiger partial charge in [0.15, 0.2) is 0 Å². The lowest BCUT2D eigenvalue weighted by atomic mass is 9.65. The van der Waals surface area contributed by atoms with Crippen LogP contribution in [0.2, 0.25) is 13.1 Å². The Morgan fingerprint density at radius 1 is 1.69 bits per heavy atom. The summed E-state index contributed by atoms with van der Waals surface area (Å²) in [6.07, 6.45) is 1.69. The average Bonchev–Trinajstić information content (AvgIpc) is 2.49. The van der Waals surface area contributed by atoms with Crippen molar-refractivity contribution >= 4 is 18.8 Å². The minimum Gasteiger partial charge on any atom is -0.465 e. The topological polar surface area (TPSA) is 66.8 Å². The van der Waals surface area contributed by atoms with Crippen LogP contribution in [0, 0.1) is 0 Å². The van der Waals surface area contributed by atoms with Gasteiger partial charge >= 0.3 is 5.97 Å². The largest absolute Gasteiger partial charge is 0.465 e. The molecule has 1 unspecified atom stereocenters. The van der Waals surface area contributed by atoms with Crippen molar-refractivity contribution in [2.24, 2.45) is 0 Å². The Morgan fingerprint density at radius 3 is 2.94 bits per heavy atom. The molecule has 1 aliphatic heterocycles. The fourth-order valence-corrected chi connectivity index (χ4v) is 2.00. The quantitative estimate of drug-likeness (QED) is 0.536. The highest BCUT2D eigenvalue weighted by Gasteiger charge is 2.33. The summed E-state index contributed by atoms with van der Waals surface area (Å²) in [5, 5.41) is 9.30. The molecule has 5 nitrogen and oxygen atoms in total. The summed E-state index contributed by atoms with van der Waals surface area (Å²) >= 11 is 0. The summed E-state index contributed by atoms with van der Waals surface area (Å²) < 4.78 is 4.81. The van der Waals surface area contributed by atoms with Gasteiger partial charge < -0.3 is 14.7 Å². The van der Waals surface area contributed by atoms with Gasteiger partial charge in [-0.1, -0.05) is 6.82 Å². The molecule has 1 saturated heterocycles. The van der Waals surface area contributed by atoms with Crippen LogP contribution in [0.25, 0.3) is 0 Å². The molecular weight excluding hydrogens is 209 g/mol. The zero-order valence-electron chi connectivity index (χ0n) is 9.81. The van der Waals surface area contributed by atoms with Gasteiger partial charge in [0.1, 0.15) is 6.54 Å². The van der Waals surface area contributed by atoms with E-state index in [2.05, 4.69) is 0 Å². The fraction of sp³-hybridized carbons (Fsp3) is 0.800. The molecule has 0 radical (unpaired) electrons. The van der Waals surface area contributed by atoms with Crippen LogP contribution < -0.4 is 0 Å². The Balaban J connectivity index is 2.52. The van der Waals surface area contributed by atoms with E-state index in [1.807, 2.05) is 0 Å². The molecule has 1 amide bonds. The molecule has 0 spiro atoms. The number of hydrogen-bond donors (Lipinski definition) is 1. The van der Waals surface area contributed by atoms with Gasteiger partial charge in [-0.05, 0) is 19.7 Å². The second kappa shape index (κ2) is 5.89. The number of hydrogen-bond acceptors (Lipinski definition) is 4. The highest BCUT2D eigenvalue weighted by molar-refractivity contribution is 6.48. The van der Waals surface area contributed by atoms with Crippen molar-refractivity contribution in [1.29, 1.82) is 0 Å². The maximum absolute atomic E-state index is 11.5. The first-order valence-electron chi connectivity index (χ1n) is 5.67. The highest BCUT2D eigenvalue weighted by Crippen LogP contribution is 2.22. The van der Waals surface area contributed by atoms with Crippen molar-refractivity contribution in [3.8, 4) is 0 Å². The SMILES string of the molecule is CCOC(=O)CN1C(=O)CCC1CB(C)O. The van der Waals surface area contributed by atoms with Gasteiger partial charge in [0.05, 0.1) is 6.61 Å². The Kier molecular flexibility index (Phi) is 4.80. The molecule has 90 valence electrons. The number of likely N-dealkylation sites (tertiary alicyclic amines) is 1. The zero-order valence-corrected chi connectivity index (χ0v) is 9.81. The van der Waals surface area contributed by atoms with E-state index in [4.69, 9.17) is 4.74 Å². The Labute approximate surface area is 95.9 Å². The summed E-state index contributed by atoms with van der Waals surface area (Å²) in [6, 6.07) is -0.0306. The first-order valence-corrected chi connectivity index (χ1v) is 5.67. The van der Waals surface area contributed by atoms with Crippen molar-refractivity contribution in [3.63, 3.8) is 0 Å². The standard InChI is InChI=1S/C10H18BNO4/c1-3-16-10(14)7-12-8(6-11(2)15)4-5-9(12)13/h8,15H,3-7H2,1-2H3. The summed E-state index contributed by atoms with van der Waals surface area (Å²) in [5.41, 5.74) is 0. The molecule has 1 N–H and O–H groups in total. The summed E-state index contributed by atoms with van der Waals surface area (Å²) in [6.45, 7) is 3.29. The van der Waals surface area contributed by atoms with E-state index in [1.54, 1.807) is 13.7 Å². The summed E-state index contributed by atoms with van der Waals surface area (Å²) in [4.78, 5) is 24.4. The van der Waals surface area contributed by atoms with Crippen LogP contribution in [0.1, 0.15) is 19.8 Å². The van der Waals surface area contributed by atoms with Crippen LogP contribution in [0.15, 0.2) is 0 Å². The number of amides is 1. The molecule has 1 atom stereocenters. The number of nitrogens with zero attached hydrogens (tertiary/aromatic N) is 1. The number of ether oxygens (including phenoxy) is 1. The average molecular weight is 227 g/mol. The third-order valence-corrected chi connectivity index (χ3v) is 2.67. The molecule has 0 aromatic carbocycles. The molecule has 1 rings (SSSR count). The second-order valence-electron chi connectivity index (χ2n) is 4.10. The lowest BCUT2D eigenvalue weighted by Gasteiger charge is -2.24. The van der Waals surface area contributed by atoms with E-state index in [9.17, 15) is 14.6 Å². The Morgan fingerprint density at radius 2 is 2.38 bits per heavy atom. The number of rotatable bonds is 5. The monoisotopic (exact) mass is 227 g/mol. The van der Waals surface area contributed by atoms with Gasteiger partial charge in [-0.25, -0.2) is 0 Å². The van der Waals surface area contributed by atoms with Crippen LogP contribution in [0.5, 0.6) is 0 Å². The van der Waals surface area contributed by atoms with E-state index in [0.717, 1.165) is 0 Å². The normalized spacial score (nSPS) is 20.1. The maximum Gasteiger partial charge on any atom is 0.325 e. The lowest BCUT2D eigenvalue weighted by molar-refractivity contribution is -0.148. The highest BCUT2D eigenvalue weighted by atomic mass is 16.5. The van der Waals surface area contributed by atoms with Gasteiger partial charge in [-0.15, -0.1) is 0 Å². The summed E-state index contributed by atoms with van der Waals surface area (Å²) in [7, 11) is 0. The Hall–Kier alpha value is -1.04. The van der Waals surface area contributed by atoms with Crippen molar-refractivity contribution in [1.82, 2.24) is 4.90 Å². The molecule has 0 saturated carbocycles. The first-order chi connectivity index (χ1) is 7.54. The minimum atomic E-state index is -0.458. The minimum absolute atomic E-state index is 0.00403. The van der Waals surface area contributed by atoms with E-state index >= 15 is 0 Å². The van der Waals surface area contributed by atoms with E-state index in [1.165, 1.54) is 4.90 Å². The Bertz CT molecular complexity index is 270. The predicted molar refractivity (Wildman–Crippen MR) is 60.0 cm³/mol. The van der Waals surface area contributed by atoms with Gasteiger partial charge in [0, 0.05) is 12.5 Å². The molecule has 6 heteroatoms. The molecular formula is C10H18BNO4. The third kappa shape index (κ3) is 3.52. The van der Waals surface area contributed by atoms with Gasteiger partial charge in [0.2, 0.25) is 5.91 Å². The predicted octanol–water partition coefficient (Wildman–Crippen LogP) is 0.154. The van der Waals surface area contributed by atoms with Crippen LogP contribution in [0.4, 0.5) is 0 Å². The molecule has 0 aromatic rings. The van der Waals surface area contributed by atoms with Crippen molar-refractivity contribution in [2.45, 2.75) is 39.0 Å². The molecule has 1 heterocycles. The number of esters is 1. The van der Waals surface area contributed by atoms with Crippen LogP contribution in [-0.4, -0.2) is 47.9 Å².